The van der Waals surface area contributed by atoms with Gasteiger partial charge in [0.05, 0.1) is 14.2 Å². The van der Waals surface area contributed by atoms with Crippen molar-refractivity contribution < 1.29 is 23.9 Å². The molecule has 118 valence electrons. The molecule has 0 saturated heterocycles. The summed E-state index contributed by atoms with van der Waals surface area (Å²) >= 11 is 0. The van der Waals surface area contributed by atoms with Crippen LogP contribution in [-0.4, -0.2) is 37.6 Å². The number of ether oxygens (including phenoxy) is 2. The SMILES string of the molecule is COC(=O)N[C@](C/C=C/c1ccccc1)(C(C)=O)C(=O)OC. The number of hydrogen-bond acceptors (Lipinski definition) is 5. The second-order valence-electron chi connectivity index (χ2n) is 4.59. The number of rotatable bonds is 6. The average Bonchev–Trinajstić information content (AvgIpc) is 2.53. The lowest BCUT2D eigenvalue weighted by atomic mass is 9.90. The summed E-state index contributed by atoms with van der Waals surface area (Å²) in [7, 11) is 2.30. The van der Waals surface area contributed by atoms with E-state index in [2.05, 4.69) is 14.8 Å². The van der Waals surface area contributed by atoms with Crippen molar-refractivity contribution in [3.05, 3.63) is 42.0 Å². The van der Waals surface area contributed by atoms with Gasteiger partial charge in [0.25, 0.3) is 0 Å². The van der Waals surface area contributed by atoms with Gasteiger partial charge in [-0.15, -0.1) is 0 Å². The summed E-state index contributed by atoms with van der Waals surface area (Å²) in [6.07, 6.45) is 2.45. The first-order chi connectivity index (χ1) is 10.5. The summed E-state index contributed by atoms with van der Waals surface area (Å²) < 4.78 is 9.14. The van der Waals surface area contributed by atoms with Crippen LogP contribution in [0.25, 0.3) is 6.08 Å². The highest BCUT2D eigenvalue weighted by Gasteiger charge is 2.45. The minimum Gasteiger partial charge on any atom is -0.467 e. The van der Waals surface area contributed by atoms with E-state index in [9.17, 15) is 14.4 Å². The average molecular weight is 305 g/mol. The Labute approximate surface area is 129 Å². The largest absolute Gasteiger partial charge is 0.467 e. The fourth-order valence-corrected chi connectivity index (χ4v) is 1.90. The van der Waals surface area contributed by atoms with Gasteiger partial charge in [0.2, 0.25) is 5.54 Å². The first kappa shape index (κ1) is 17.4. The van der Waals surface area contributed by atoms with Crippen LogP contribution in [0.2, 0.25) is 0 Å². The van der Waals surface area contributed by atoms with Gasteiger partial charge in [-0.25, -0.2) is 9.59 Å². The zero-order valence-electron chi connectivity index (χ0n) is 12.8. The van der Waals surface area contributed by atoms with Crippen LogP contribution >= 0.6 is 0 Å². The highest BCUT2D eigenvalue weighted by molar-refractivity contribution is 6.09. The van der Waals surface area contributed by atoms with Crippen molar-refractivity contribution in [1.29, 1.82) is 0 Å². The molecule has 0 spiro atoms. The minimum absolute atomic E-state index is 0.0427. The molecule has 0 aliphatic carbocycles. The summed E-state index contributed by atoms with van der Waals surface area (Å²) in [5.74, 6) is -1.38. The summed E-state index contributed by atoms with van der Waals surface area (Å²) in [5, 5.41) is 2.28. The summed E-state index contributed by atoms with van der Waals surface area (Å²) in [4.78, 5) is 35.4. The van der Waals surface area contributed by atoms with Crippen molar-refractivity contribution in [1.82, 2.24) is 5.32 Å². The highest BCUT2D eigenvalue weighted by Crippen LogP contribution is 2.17. The molecule has 0 bridgehead atoms. The van der Waals surface area contributed by atoms with Crippen LogP contribution in [0.3, 0.4) is 0 Å². The Morgan fingerprint density at radius 3 is 2.27 bits per heavy atom. The van der Waals surface area contributed by atoms with Crippen LogP contribution in [-0.2, 0) is 19.1 Å². The van der Waals surface area contributed by atoms with E-state index in [0.29, 0.717) is 0 Å². The molecule has 0 radical (unpaired) electrons. The van der Waals surface area contributed by atoms with Gasteiger partial charge >= 0.3 is 12.1 Å². The monoisotopic (exact) mass is 305 g/mol. The Bertz CT molecular complexity index is 567. The van der Waals surface area contributed by atoms with E-state index < -0.39 is 23.4 Å². The lowest BCUT2D eigenvalue weighted by Gasteiger charge is -2.27. The molecular weight excluding hydrogens is 286 g/mol. The normalized spacial score (nSPS) is 13.2. The molecule has 0 fully saturated rings. The first-order valence-corrected chi connectivity index (χ1v) is 6.63. The maximum atomic E-state index is 12.0. The third-order valence-corrected chi connectivity index (χ3v) is 3.17. The van der Waals surface area contributed by atoms with Gasteiger partial charge in [0.1, 0.15) is 0 Å². The quantitative estimate of drug-likeness (QED) is 0.641. The second-order valence-corrected chi connectivity index (χ2v) is 4.59. The molecule has 0 aromatic heterocycles. The molecule has 0 aliphatic rings. The third-order valence-electron chi connectivity index (χ3n) is 3.17. The van der Waals surface area contributed by atoms with E-state index in [1.807, 2.05) is 30.3 Å². The molecule has 0 saturated carbocycles. The number of hydrogen-bond donors (Lipinski definition) is 1. The van der Waals surface area contributed by atoms with Gasteiger partial charge in [-0.1, -0.05) is 42.5 Å². The number of alkyl carbamates (subject to hydrolysis) is 1. The number of nitrogens with one attached hydrogen (secondary N) is 1. The zero-order valence-corrected chi connectivity index (χ0v) is 12.8. The Hall–Kier alpha value is -2.63. The molecule has 6 heteroatoms. The molecule has 22 heavy (non-hydrogen) atoms. The van der Waals surface area contributed by atoms with E-state index in [-0.39, 0.29) is 6.42 Å². The third kappa shape index (κ3) is 4.18. The molecular formula is C16H19NO5. The van der Waals surface area contributed by atoms with Crippen molar-refractivity contribution in [2.24, 2.45) is 0 Å². The zero-order chi connectivity index (χ0) is 16.6. The predicted octanol–water partition coefficient (Wildman–Crippen LogP) is 1.95. The van der Waals surface area contributed by atoms with Crippen molar-refractivity contribution in [3.8, 4) is 0 Å². The van der Waals surface area contributed by atoms with Gasteiger partial charge in [-0.05, 0) is 12.5 Å². The van der Waals surface area contributed by atoms with Gasteiger partial charge in [0, 0.05) is 6.42 Å². The Morgan fingerprint density at radius 1 is 1.14 bits per heavy atom. The number of ketones is 1. The number of Topliss-reactive ketones (excluding diaryl/α,β-unsaturated/α-hetero) is 1. The van der Waals surface area contributed by atoms with Crippen LogP contribution < -0.4 is 5.32 Å². The summed E-state index contributed by atoms with van der Waals surface area (Å²) in [6, 6.07) is 9.36. The van der Waals surface area contributed by atoms with Crippen molar-refractivity contribution in [3.63, 3.8) is 0 Å². The summed E-state index contributed by atoms with van der Waals surface area (Å²) in [5.41, 5.74) is -0.893. The molecule has 1 amide bonds. The van der Waals surface area contributed by atoms with E-state index in [0.717, 1.165) is 19.8 Å². The Kier molecular flexibility index (Phi) is 6.31. The maximum absolute atomic E-state index is 12.0. The van der Waals surface area contributed by atoms with E-state index in [1.54, 1.807) is 12.2 Å². The summed E-state index contributed by atoms with van der Waals surface area (Å²) in [6.45, 7) is 1.21. The van der Waals surface area contributed by atoms with E-state index >= 15 is 0 Å². The molecule has 6 nitrogen and oxygen atoms in total. The lowest BCUT2D eigenvalue weighted by Crippen LogP contribution is -2.59. The molecule has 1 rings (SSSR count). The number of esters is 1. The van der Waals surface area contributed by atoms with Crippen LogP contribution in [0, 0.1) is 0 Å². The molecule has 1 atom stereocenters. The Morgan fingerprint density at radius 2 is 1.77 bits per heavy atom. The molecule has 0 aliphatic heterocycles. The van der Waals surface area contributed by atoms with Gasteiger partial charge < -0.3 is 9.47 Å². The van der Waals surface area contributed by atoms with Gasteiger partial charge in [-0.3, -0.25) is 10.1 Å². The van der Waals surface area contributed by atoms with Gasteiger partial charge in [0.15, 0.2) is 5.78 Å². The number of amides is 1. The Balaban J connectivity index is 3.03. The van der Waals surface area contributed by atoms with Crippen molar-refractivity contribution in [2.75, 3.05) is 14.2 Å². The van der Waals surface area contributed by atoms with E-state index in [4.69, 9.17) is 0 Å². The predicted molar refractivity (Wildman–Crippen MR) is 81.1 cm³/mol. The van der Waals surface area contributed by atoms with Crippen LogP contribution in [0.4, 0.5) is 4.79 Å². The maximum Gasteiger partial charge on any atom is 0.408 e. The fourth-order valence-electron chi connectivity index (χ4n) is 1.90. The van der Waals surface area contributed by atoms with Crippen LogP contribution in [0.1, 0.15) is 18.9 Å². The van der Waals surface area contributed by atoms with E-state index in [1.165, 1.54) is 6.92 Å². The first-order valence-electron chi connectivity index (χ1n) is 6.63. The molecule has 0 heterocycles. The van der Waals surface area contributed by atoms with Crippen molar-refractivity contribution >= 4 is 23.9 Å². The topological polar surface area (TPSA) is 81.7 Å². The lowest BCUT2D eigenvalue weighted by molar-refractivity contribution is -0.152. The minimum atomic E-state index is -1.80. The number of benzene rings is 1. The molecule has 1 N–H and O–H groups in total. The number of methoxy groups -OCH3 is 2. The van der Waals surface area contributed by atoms with Crippen molar-refractivity contribution in [2.45, 2.75) is 18.9 Å². The smallest absolute Gasteiger partial charge is 0.408 e. The van der Waals surface area contributed by atoms with Gasteiger partial charge in [-0.2, -0.15) is 0 Å². The number of carbonyl (C=O) groups is 3. The molecule has 1 aromatic rings. The van der Waals surface area contributed by atoms with Crippen LogP contribution in [0.15, 0.2) is 36.4 Å². The molecule has 1 aromatic carbocycles. The standard InChI is InChI=1S/C16H19NO5/c1-12(18)16(14(19)21-2,17-15(20)22-3)11-7-10-13-8-5-4-6-9-13/h4-10H,11H2,1-3H3,(H,17,20)/b10-7+/t16-/m1/s1. The second kappa shape index (κ2) is 7.97. The highest BCUT2D eigenvalue weighted by atomic mass is 16.5. The fraction of sp³-hybridized carbons (Fsp3) is 0.312. The molecule has 0 unspecified atom stereocenters. The number of carbonyl (C=O) groups excluding carboxylic acids is 3. The van der Waals surface area contributed by atoms with Crippen LogP contribution in [0.5, 0.6) is 0 Å².